The lowest BCUT2D eigenvalue weighted by Gasteiger charge is -2.09. The largest absolute Gasteiger partial charge is 0.467 e. The van der Waals surface area contributed by atoms with Crippen molar-refractivity contribution in [3.8, 4) is 11.6 Å². The minimum atomic E-state index is -0.355. The highest BCUT2D eigenvalue weighted by atomic mass is 19.1. The second kappa shape index (κ2) is 8.55. The molecule has 0 saturated carbocycles. The maximum absolute atomic E-state index is 13.7. The van der Waals surface area contributed by atoms with Crippen LogP contribution in [0.5, 0.6) is 5.88 Å². The van der Waals surface area contributed by atoms with Crippen LogP contribution in [0.4, 0.5) is 10.1 Å². The SMILES string of the molecule is CCc1ccc(NC(=O)COc2cc(C)c3c(C)nn(-c4cccc(F)c4)c3n2)cc1. The lowest BCUT2D eigenvalue weighted by atomic mass is 10.1. The molecule has 6 nitrogen and oxygen atoms in total. The highest BCUT2D eigenvalue weighted by Gasteiger charge is 2.16. The molecule has 0 atom stereocenters. The number of carbonyl (C=O) groups is 1. The van der Waals surface area contributed by atoms with Gasteiger partial charge in [0.05, 0.1) is 11.4 Å². The number of amides is 1. The Kier molecular flexibility index (Phi) is 5.66. The number of aryl methyl sites for hydroxylation is 3. The van der Waals surface area contributed by atoms with Crippen molar-refractivity contribution in [1.29, 1.82) is 0 Å². The predicted molar refractivity (Wildman–Crippen MR) is 118 cm³/mol. The Hall–Kier alpha value is -3.74. The number of rotatable bonds is 6. The van der Waals surface area contributed by atoms with Gasteiger partial charge < -0.3 is 10.1 Å². The minimum absolute atomic E-state index is 0.180. The standard InChI is InChI=1S/C24H23FN4O2/c1-4-17-8-10-19(11-9-17)26-21(30)14-31-22-12-15(2)23-16(3)28-29(24(23)27-22)20-7-5-6-18(25)13-20/h5-13H,4,14H2,1-3H3,(H,26,30). The molecule has 0 bridgehead atoms. The summed E-state index contributed by atoms with van der Waals surface area (Å²) in [4.78, 5) is 16.8. The van der Waals surface area contributed by atoms with Gasteiger partial charge in [-0.2, -0.15) is 10.1 Å². The van der Waals surface area contributed by atoms with Crippen LogP contribution >= 0.6 is 0 Å². The zero-order chi connectivity index (χ0) is 22.0. The lowest BCUT2D eigenvalue weighted by molar-refractivity contribution is -0.118. The van der Waals surface area contributed by atoms with Crippen LogP contribution in [0.25, 0.3) is 16.7 Å². The second-order valence-corrected chi connectivity index (χ2v) is 7.34. The van der Waals surface area contributed by atoms with E-state index in [4.69, 9.17) is 4.74 Å². The van der Waals surface area contributed by atoms with Gasteiger partial charge in [-0.05, 0) is 61.7 Å². The highest BCUT2D eigenvalue weighted by Crippen LogP contribution is 2.27. The first-order valence-corrected chi connectivity index (χ1v) is 10.1. The Bertz CT molecular complexity index is 1250. The second-order valence-electron chi connectivity index (χ2n) is 7.34. The van der Waals surface area contributed by atoms with Gasteiger partial charge in [0.2, 0.25) is 5.88 Å². The van der Waals surface area contributed by atoms with Gasteiger partial charge in [0.1, 0.15) is 5.82 Å². The van der Waals surface area contributed by atoms with E-state index in [9.17, 15) is 9.18 Å². The van der Waals surface area contributed by atoms with Crippen LogP contribution in [0.1, 0.15) is 23.7 Å². The van der Waals surface area contributed by atoms with Crippen LogP contribution in [-0.2, 0) is 11.2 Å². The van der Waals surface area contributed by atoms with E-state index in [-0.39, 0.29) is 18.3 Å². The molecular weight excluding hydrogens is 395 g/mol. The van der Waals surface area contributed by atoms with Gasteiger partial charge in [-0.15, -0.1) is 0 Å². The summed E-state index contributed by atoms with van der Waals surface area (Å²) in [6, 6.07) is 15.6. The van der Waals surface area contributed by atoms with Gasteiger partial charge in [0.25, 0.3) is 5.91 Å². The van der Waals surface area contributed by atoms with E-state index in [1.54, 1.807) is 22.9 Å². The van der Waals surface area contributed by atoms with Gasteiger partial charge in [0, 0.05) is 17.1 Å². The number of ether oxygens (including phenoxy) is 1. The van der Waals surface area contributed by atoms with Gasteiger partial charge in [-0.3, -0.25) is 4.79 Å². The van der Waals surface area contributed by atoms with Crippen molar-refractivity contribution < 1.29 is 13.9 Å². The van der Waals surface area contributed by atoms with Crippen LogP contribution in [-0.4, -0.2) is 27.3 Å². The van der Waals surface area contributed by atoms with Crippen molar-refractivity contribution in [3.63, 3.8) is 0 Å². The van der Waals surface area contributed by atoms with Crippen LogP contribution in [0.15, 0.2) is 54.6 Å². The fraction of sp³-hybridized carbons (Fsp3) is 0.208. The average Bonchev–Trinajstić information content (AvgIpc) is 3.10. The fourth-order valence-electron chi connectivity index (χ4n) is 3.50. The van der Waals surface area contributed by atoms with E-state index in [2.05, 4.69) is 22.3 Å². The molecule has 0 fully saturated rings. The molecular formula is C24H23FN4O2. The number of hydrogen-bond donors (Lipinski definition) is 1. The van der Waals surface area contributed by atoms with E-state index >= 15 is 0 Å². The summed E-state index contributed by atoms with van der Waals surface area (Å²) in [5, 5.41) is 8.21. The average molecular weight is 418 g/mol. The molecule has 2 aromatic heterocycles. The molecule has 31 heavy (non-hydrogen) atoms. The molecule has 0 saturated heterocycles. The molecule has 2 heterocycles. The summed E-state index contributed by atoms with van der Waals surface area (Å²) < 4.78 is 21.0. The number of hydrogen-bond acceptors (Lipinski definition) is 4. The lowest BCUT2D eigenvalue weighted by Crippen LogP contribution is -2.20. The van der Waals surface area contributed by atoms with Gasteiger partial charge in [0.15, 0.2) is 12.3 Å². The fourth-order valence-corrected chi connectivity index (χ4v) is 3.50. The molecule has 4 rings (SSSR count). The normalized spacial score (nSPS) is 11.0. The van der Waals surface area contributed by atoms with Crippen molar-refractivity contribution in [2.24, 2.45) is 0 Å². The molecule has 0 aliphatic heterocycles. The van der Waals surface area contributed by atoms with E-state index in [0.29, 0.717) is 22.9 Å². The third-order valence-electron chi connectivity index (χ3n) is 5.04. The molecule has 1 amide bonds. The molecule has 0 unspecified atom stereocenters. The number of halogens is 1. The summed E-state index contributed by atoms with van der Waals surface area (Å²) in [5.74, 6) is -0.329. The minimum Gasteiger partial charge on any atom is -0.467 e. The van der Waals surface area contributed by atoms with E-state index in [0.717, 1.165) is 23.1 Å². The molecule has 2 aromatic carbocycles. The topological polar surface area (TPSA) is 69.0 Å². The molecule has 0 aliphatic carbocycles. The van der Waals surface area contributed by atoms with Gasteiger partial charge in [-0.1, -0.05) is 25.1 Å². The number of nitrogens with one attached hydrogen (secondary N) is 1. The molecule has 0 radical (unpaired) electrons. The first-order chi connectivity index (χ1) is 14.9. The van der Waals surface area contributed by atoms with Crippen molar-refractivity contribution in [3.05, 3.63) is 77.2 Å². The molecule has 0 aliphatic rings. The van der Waals surface area contributed by atoms with Crippen molar-refractivity contribution in [2.45, 2.75) is 27.2 Å². The number of anilines is 1. The highest BCUT2D eigenvalue weighted by molar-refractivity contribution is 5.92. The zero-order valence-corrected chi connectivity index (χ0v) is 17.6. The molecule has 4 aromatic rings. The number of nitrogens with zero attached hydrogens (tertiary/aromatic N) is 3. The van der Waals surface area contributed by atoms with Crippen LogP contribution in [0.3, 0.4) is 0 Å². The predicted octanol–water partition coefficient (Wildman–Crippen LogP) is 4.76. The monoisotopic (exact) mass is 418 g/mol. The number of pyridine rings is 1. The number of carbonyl (C=O) groups excluding carboxylic acids is 1. The van der Waals surface area contributed by atoms with Gasteiger partial charge >= 0.3 is 0 Å². The Morgan fingerprint density at radius 1 is 1.13 bits per heavy atom. The van der Waals surface area contributed by atoms with E-state index < -0.39 is 0 Å². The van der Waals surface area contributed by atoms with Crippen molar-refractivity contribution in [1.82, 2.24) is 14.8 Å². The maximum atomic E-state index is 13.7. The molecule has 7 heteroatoms. The van der Waals surface area contributed by atoms with Crippen molar-refractivity contribution in [2.75, 3.05) is 11.9 Å². The number of aromatic nitrogens is 3. The number of fused-ring (bicyclic) bond motifs is 1. The summed E-state index contributed by atoms with van der Waals surface area (Å²) in [7, 11) is 0. The summed E-state index contributed by atoms with van der Waals surface area (Å²) in [6.07, 6.45) is 0.941. The summed E-state index contributed by atoms with van der Waals surface area (Å²) >= 11 is 0. The first-order valence-electron chi connectivity index (χ1n) is 10.1. The zero-order valence-electron chi connectivity index (χ0n) is 17.6. The Balaban J connectivity index is 1.55. The third-order valence-corrected chi connectivity index (χ3v) is 5.04. The third kappa shape index (κ3) is 4.40. The number of benzene rings is 2. The van der Waals surface area contributed by atoms with Crippen LogP contribution in [0.2, 0.25) is 0 Å². The van der Waals surface area contributed by atoms with E-state index in [1.807, 2.05) is 38.1 Å². The smallest absolute Gasteiger partial charge is 0.262 e. The van der Waals surface area contributed by atoms with Crippen molar-refractivity contribution >= 4 is 22.6 Å². The van der Waals surface area contributed by atoms with Crippen LogP contribution in [0, 0.1) is 19.7 Å². The Morgan fingerprint density at radius 3 is 2.61 bits per heavy atom. The molecule has 158 valence electrons. The summed E-state index contributed by atoms with van der Waals surface area (Å²) in [6.45, 7) is 5.71. The Labute approximate surface area is 179 Å². The van der Waals surface area contributed by atoms with Crippen LogP contribution < -0.4 is 10.1 Å². The molecule has 0 spiro atoms. The summed E-state index contributed by atoms with van der Waals surface area (Å²) in [5.41, 5.74) is 4.72. The van der Waals surface area contributed by atoms with E-state index in [1.165, 1.54) is 17.7 Å². The first kappa shape index (κ1) is 20.5. The quantitative estimate of drug-likeness (QED) is 0.490. The van der Waals surface area contributed by atoms with Gasteiger partial charge in [-0.25, -0.2) is 9.07 Å². The molecule has 1 N–H and O–H groups in total. The maximum Gasteiger partial charge on any atom is 0.262 e. The Morgan fingerprint density at radius 2 is 1.90 bits per heavy atom.